The molecule has 2 aromatic rings. The van der Waals surface area contributed by atoms with Gasteiger partial charge in [-0.2, -0.15) is 0 Å². The van der Waals surface area contributed by atoms with E-state index >= 15 is 0 Å². The zero-order valence-electron chi connectivity index (χ0n) is 14.9. The summed E-state index contributed by atoms with van der Waals surface area (Å²) in [6.45, 7) is 6.59. The number of amides is 1. The third-order valence-electron chi connectivity index (χ3n) is 4.54. The first-order valence-electron chi connectivity index (χ1n) is 8.94. The second kappa shape index (κ2) is 8.67. The van der Waals surface area contributed by atoms with Crippen LogP contribution in [0, 0.1) is 6.92 Å². The molecule has 0 spiro atoms. The number of hydrogen-bond acceptors (Lipinski definition) is 3. The Bertz CT molecular complexity index is 687. The summed E-state index contributed by atoms with van der Waals surface area (Å²) in [6.07, 6.45) is 1.00. The standard InChI is InChI=1S/C21H26N2O2/c1-18-7-5-10-20(15-18)25-17-21(24)23-12-6-11-22(13-14-23)16-19-8-3-2-4-9-19/h2-5,7-10,15H,6,11-14,16-17H2,1H3. The van der Waals surface area contributed by atoms with Gasteiger partial charge in [0.2, 0.25) is 0 Å². The van der Waals surface area contributed by atoms with Gasteiger partial charge in [-0.15, -0.1) is 0 Å². The van der Waals surface area contributed by atoms with Crippen LogP contribution in [0.2, 0.25) is 0 Å². The first-order valence-corrected chi connectivity index (χ1v) is 8.94. The molecule has 0 saturated carbocycles. The first-order chi connectivity index (χ1) is 12.2. The van der Waals surface area contributed by atoms with E-state index < -0.39 is 0 Å². The van der Waals surface area contributed by atoms with Gasteiger partial charge >= 0.3 is 0 Å². The summed E-state index contributed by atoms with van der Waals surface area (Å²) in [6, 6.07) is 18.3. The number of ether oxygens (including phenoxy) is 1. The highest BCUT2D eigenvalue weighted by Gasteiger charge is 2.19. The molecule has 132 valence electrons. The van der Waals surface area contributed by atoms with E-state index in [-0.39, 0.29) is 12.5 Å². The van der Waals surface area contributed by atoms with Gasteiger partial charge in [0, 0.05) is 32.7 Å². The smallest absolute Gasteiger partial charge is 0.260 e. The highest BCUT2D eigenvalue weighted by molar-refractivity contribution is 5.77. The molecule has 0 bridgehead atoms. The largest absolute Gasteiger partial charge is 0.484 e. The number of carbonyl (C=O) groups is 1. The molecule has 0 atom stereocenters. The van der Waals surface area contributed by atoms with Crippen LogP contribution in [0.15, 0.2) is 54.6 Å². The van der Waals surface area contributed by atoms with Crippen molar-refractivity contribution in [2.75, 3.05) is 32.8 Å². The van der Waals surface area contributed by atoms with Crippen molar-refractivity contribution >= 4 is 5.91 Å². The molecule has 0 N–H and O–H groups in total. The number of carbonyl (C=O) groups excluding carboxylic acids is 1. The fourth-order valence-corrected chi connectivity index (χ4v) is 3.16. The fourth-order valence-electron chi connectivity index (χ4n) is 3.16. The van der Waals surface area contributed by atoms with Crippen molar-refractivity contribution in [1.29, 1.82) is 0 Å². The molecule has 0 unspecified atom stereocenters. The Morgan fingerprint density at radius 1 is 1.00 bits per heavy atom. The summed E-state index contributed by atoms with van der Waals surface area (Å²) in [5, 5.41) is 0. The Hall–Kier alpha value is -2.33. The average Bonchev–Trinajstić information content (AvgIpc) is 2.86. The van der Waals surface area contributed by atoms with E-state index in [2.05, 4.69) is 29.2 Å². The molecule has 3 rings (SSSR count). The van der Waals surface area contributed by atoms with Crippen LogP contribution in [0.1, 0.15) is 17.5 Å². The Balaban J connectivity index is 1.48. The highest BCUT2D eigenvalue weighted by atomic mass is 16.5. The van der Waals surface area contributed by atoms with Gasteiger partial charge < -0.3 is 9.64 Å². The summed E-state index contributed by atoms with van der Waals surface area (Å²) >= 11 is 0. The molecule has 0 radical (unpaired) electrons. The number of hydrogen-bond donors (Lipinski definition) is 0. The maximum absolute atomic E-state index is 12.5. The monoisotopic (exact) mass is 338 g/mol. The van der Waals surface area contributed by atoms with Crippen molar-refractivity contribution < 1.29 is 9.53 Å². The summed E-state index contributed by atoms with van der Waals surface area (Å²) in [5.41, 5.74) is 2.46. The summed E-state index contributed by atoms with van der Waals surface area (Å²) in [5.74, 6) is 0.831. The van der Waals surface area contributed by atoms with Gasteiger partial charge in [0.1, 0.15) is 5.75 Å². The molecular weight excluding hydrogens is 312 g/mol. The zero-order valence-corrected chi connectivity index (χ0v) is 14.9. The van der Waals surface area contributed by atoms with Crippen molar-refractivity contribution in [1.82, 2.24) is 9.80 Å². The quantitative estimate of drug-likeness (QED) is 0.840. The molecule has 25 heavy (non-hydrogen) atoms. The minimum atomic E-state index is 0.0723. The molecular formula is C21H26N2O2. The molecule has 0 aromatic heterocycles. The van der Waals surface area contributed by atoms with Crippen molar-refractivity contribution in [3.63, 3.8) is 0 Å². The molecule has 4 heteroatoms. The predicted molar refractivity (Wildman–Crippen MR) is 99.6 cm³/mol. The van der Waals surface area contributed by atoms with Crippen molar-refractivity contribution in [2.45, 2.75) is 19.9 Å². The van der Waals surface area contributed by atoms with Crippen molar-refractivity contribution in [2.24, 2.45) is 0 Å². The maximum atomic E-state index is 12.5. The van der Waals surface area contributed by atoms with E-state index in [1.807, 2.05) is 42.2 Å². The molecule has 1 saturated heterocycles. The number of nitrogens with zero attached hydrogens (tertiary/aromatic N) is 2. The third-order valence-corrected chi connectivity index (χ3v) is 4.54. The third kappa shape index (κ3) is 5.33. The molecule has 1 aliphatic heterocycles. The average molecular weight is 338 g/mol. The van der Waals surface area contributed by atoms with Crippen molar-refractivity contribution in [3.05, 3.63) is 65.7 Å². The van der Waals surface area contributed by atoms with E-state index in [9.17, 15) is 4.79 Å². The topological polar surface area (TPSA) is 32.8 Å². The lowest BCUT2D eigenvalue weighted by atomic mass is 10.2. The summed E-state index contributed by atoms with van der Waals surface area (Å²) in [7, 11) is 0. The van der Waals surface area contributed by atoms with Crippen LogP contribution in [-0.4, -0.2) is 48.5 Å². The summed E-state index contributed by atoms with van der Waals surface area (Å²) < 4.78 is 5.66. The Labute approximate surface area is 150 Å². The van der Waals surface area contributed by atoms with Crippen LogP contribution in [-0.2, 0) is 11.3 Å². The molecule has 1 heterocycles. The number of rotatable bonds is 5. The maximum Gasteiger partial charge on any atom is 0.260 e. The second-order valence-corrected chi connectivity index (χ2v) is 6.60. The first kappa shape index (κ1) is 17.5. The van der Waals surface area contributed by atoms with Crippen LogP contribution in [0.5, 0.6) is 5.75 Å². The van der Waals surface area contributed by atoms with E-state index in [1.54, 1.807) is 0 Å². The second-order valence-electron chi connectivity index (χ2n) is 6.60. The lowest BCUT2D eigenvalue weighted by Crippen LogP contribution is -2.38. The van der Waals surface area contributed by atoms with E-state index in [1.165, 1.54) is 5.56 Å². The van der Waals surface area contributed by atoms with Gasteiger partial charge in [0.05, 0.1) is 0 Å². The highest BCUT2D eigenvalue weighted by Crippen LogP contribution is 2.13. The van der Waals surface area contributed by atoms with Crippen molar-refractivity contribution in [3.8, 4) is 5.75 Å². The van der Waals surface area contributed by atoms with Crippen LogP contribution >= 0.6 is 0 Å². The zero-order chi connectivity index (χ0) is 17.5. The molecule has 0 aliphatic carbocycles. The van der Waals surface area contributed by atoms with Crippen LogP contribution in [0.25, 0.3) is 0 Å². The van der Waals surface area contributed by atoms with Gasteiger partial charge in [-0.25, -0.2) is 0 Å². The molecule has 4 nitrogen and oxygen atoms in total. The number of benzene rings is 2. The van der Waals surface area contributed by atoms with Crippen LogP contribution in [0.4, 0.5) is 0 Å². The molecule has 1 amide bonds. The summed E-state index contributed by atoms with van der Waals surface area (Å²) in [4.78, 5) is 16.8. The van der Waals surface area contributed by atoms with Gasteiger partial charge in [-0.05, 0) is 36.6 Å². The Kier molecular flexibility index (Phi) is 6.07. The van der Waals surface area contributed by atoms with Crippen LogP contribution in [0.3, 0.4) is 0 Å². The minimum absolute atomic E-state index is 0.0723. The Morgan fingerprint density at radius 2 is 1.84 bits per heavy atom. The van der Waals surface area contributed by atoms with E-state index in [4.69, 9.17) is 4.74 Å². The SMILES string of the molecule is Cc1cccc(OCC(=O)N2CCCN(Cc3ccccc3)CC2)c1. The van der Waals surface area contributed by atoms with E-state index in [0.29, 0.717) is 0 Å². The Morgan fingerprint density at radius 3 is 2.64 bits per heavy atom. The minimum Gasteiger partial charge on any atom is -0.484 e. The normalized spacial score (nSPS) is 15.6. The van der Waals surface area contributed by atoms with Gasteiger partial charge in [-0.3, -0.25) is 9.69 Å². The molecule has 1 fully saturated rings. The molecule has 2 aromatic carbocycles. The lowest BCUT2D eigenvalue weighted by molar-refractivity contribution is -0.133. The fraction of sp³-hybridized carbons (Fsp3) is 0.381. The predicted octanol–water partition coefficient (Wildman–Crippen LogP) is 3.11. The van der Waals surface area contributed by atoms with Gasteiger partial charge in [-0.1, -0.05) is 42.5 Å². The van der Waals surface area contributed by atoms with E-state index in [0.717, 1.165) is 50.5 Å². The van der Waals surface area contributed by atoms with Gasteiger partial charge in [0.15, 0.2) is 6.61 Å². The van der Waals surface area contributed by atoms with Gasteiger partial charge in [0.25, 0.3) is 5.91 Å². The lowest BCUT2D eigenvalue weighted by Gasteiger charge is -2.22. The van der Waals surface area contributed by atoms with Crippen LogP contribution < -0.4 is 4.74 Å². The molecule has 1 aliphatic rings. The number of aryl methyl sites for hydroxylation is 1.